The summed E-state index contributed by atoms with van der Waals surface area (Å²) < 4.78 is 38.1. The molecule has 0 aromatic carbocycles. The highest BCUT2D eigenvalue weighted by Gasteiger charge is 2.30. The molecule has 0 bridgehead atoms. The normalized spacial score (nSPS) is 23.6. The van der Waals surface area contributed by atoms with E-state index < -0.39 is 18.6 Å². The summed E-state index contributed by atoms with van der Waals surface area (Å²) in [7, 11) is 0. The number of amides is 1. The van der Waals surface area contributed by atoms with Crippen LogP contribution in [0.5, 0.6) is 0 Å². The molecule has 1 aliphatic carbocycles. The van der Waals surface area contributed by atoms with Crippen LogP contribution >= 0.6 is 0 Å². The number of hydrogen-bond donors (Lipinski definition) is 2. The van der Waals surface area contributed by atoms with Crippen LogP contribution in [0.15, 0.2) is 18.3 Å². The van der Waals surface area contributed by atoms with Crippen molar-refractivity contribution in [2.75, 3.05) is 0 Å². The Labute approximate surface area is 115 Å². The molecule has 1 fully saturated rings. The van der Waals surface area contributed by atoms with Gasteiger partial charge in [-0.05, 0) is 25.0 Å². The topological polar surface area (TPSA) is 60.0 Å². The molecule has 1 aromatic heterocycles. The first-order valence-electron chi connectivity index (χ1n) is 6.65. The Morgan fingerprint density at radius 3 is 2.75 bits per heavy atom. The third kappa shape index (κ3) is 3.75. The molecule has 0 saturated heterocycles. The zero-order chi connectivity index (χ0) is 14.8. The lowest BCUT2D eigenvalue weighted by Gasteiger charge is -2.29. The molecule has 0 spiro atoms. The lowest BCUT2D eigenvalue weighted by atomic mass is 9.91. The predicted octanol–water partition coefficient (Wildman–Crippen LogP) is 2.05. The molecule has 1 heterocycles. The van der Waals surface area contributed by atoms with Crippen LogP contribution in [-0.2, 0) is 6.54 Å². The molecule has 1 amide bonds. The number of carbonyl (C=O) groups excluding carboxylic acids is 1. The van der Waals surface area contributed by atoms with Crippen molar-refractivity contribution in [2.24, 2.45) is 5.73 Å². The highest BCUT2D eigenvalue weighted by atomic mass is 19.4. The molecule has 0 radical (unpaired) electrons. The van der Waals surface area contributed by atoms with Crippen LogP contribution in [0.25, 0.3) is 0 Å². The summed E-state index contributed by atoms with van der Waals surface area (Å²) in [6, 6.07) is 2.53. The Morgan fingerprint density at radius 1 is 1.40 bits per heavy atom. The standard InChI is InChI=1S/C13H18F3N3O/c14-13(15,16)8-19-7-3-6-11(19)12(20)18-10-5-2-1-4-9(10)17/h3,6-7,9-10H,1-2,4-5,8,17H2,(H,18,20). The summed E-state index contributed by atoms with van der Waals surface area (Å²) in [5.74, 6) is -0.499. The number of hydrogen-bond acceptors (Lipinski definition) is 2. The third-order valence-corrected chi connectivity index (χ3v) is 3.55. The van der Waals surface area contributed by atoms with Gasteiger partial charge in [0.25, 0.3) is 5.91 Å². The number of alkyl halides is 3. The molecule has 1 aliphatic rings. The molecule has 0 aliphatic heterocycles. The van der Waals surface area contributed by atoms with E-state index in [0.29, 0.717) is 0 Å². The Balaban J connectivity index is 2.04. The van der Waals surface area contributed by atoms with E-state index >= 15 is 0 Å². The van der Waals surface area contributed by atoms with Gasteiger partial charge in [0, 0.05) is 18.3 Å². The summed E-state index contributed by atoms with van der Waals surface area (Å²) in [5.41, 5.74) is 5.93. The van der Waals surface area contributed by atoms with E-state index in [1.165, 1.54) is 18.3 Å². The molecule has 7 heteroatoms. The average Bonchev–Trinajstić information content (AvgIpc) is 2.77. The second kappa shape index (κ2) is 5.87. The van der Waals surface area contributed by atoms with E-state index in [0.717, 1.165) is 30.3 Å². The first-order valence-corrected chi connectivity index (χ1v) is 6.65. The van der Waals surface area contributed by atoms with E-state index in [-0.39, 0.29) is 17.8 Å². The summed E-state index contributed by atoms with van der Waals surface area (Å²) in [4.78, 5) is 12.1. The van der Waals surface area contributed by atoms with Crippen molar-refractivity contribution in [1.29, 1.82) is 0 Å². The van der Waals surface area contributed by atoms with Gasteiger partial charge < -0.3 is 15.6 Å². The number of nitrogens with zero attached hydrogens (tertiary/aromatic N) is 1. The average molecular weight is 289 g/mol. The molecule has 2 rings (SSSR count). The zero-order valence-electron chi connectivity index (χ0n) is 11.0. The molecule has 2 unspecified atom stereocenters. The van der Waals surface area contributed by atoms with E-state index in [1.54, 1.807) is 0 Å². The predicted molar refractivity (Wildman–Crippen MR) is 68.2 cm³/mol. The lowest BCUT2D eigenvalue weighted by Crippen LogP contribution is -2.49. The van der Waals surface area contributed by atoms with Gasteiger partial charge in [-0.2, -0.15) is 13.2 Å². The summed E-state index contributed by atoms with van der Waals surface area (Å²) in [6.07, 6.45) is 0.500. The second-order valence-electron chi connectivity index (χ2n) is 5.16. The van der Waals surface area contributed by atoms with Crippen LogP contribution in [0.1, 0.15) is 36.2 Å². The van der Waals surface area contributed by atoms with Gasteiger partial charge in [-0.1, -0.05) is 12.8 Å². The van der Waals surface area contributed by atoms with Gasteiger partial charge in [-0.25, -0.2) is 0 Å². The number of rotatable bonds is 3. The third-order valence-electron chi connectivity index (χ3n) is 3.55. The van der Waals surface area contributed by atoms with E-state index in [2.05, 4.69) is 5.32 Å². The highest BCUT2D eigenvalue weighted by molar-refractivity contribution is 5.93. The van der Waals surface area contributed by atoms with Crippen LogP contribution in [0, 0.1) is 0 Å². The maximum atomic E-state index is 12.4. The Kier molecular flexibility index (Phi) is 4.37. The van der Waals surface area contributed by atoms with Crippen LogP contribution < -0.4 is 11.1 Å². The molecule has 112 valence electrons. The lowest BCUT2D eigenvalue weighted by molar-refractivity contribution is -0.140. The number of nitrogens with two attached hydrogens (primary N) is 1. The van der Waals surface area contributed by atoms with Crippen LogP contribution in [0.2, 0.25) is 0 Å². The molecule has 1 aromatic rings. The highest BCUT2D eigenvalue weighted by Crippen LogP contribution is 2.20. The minimum Gasteiger partial charge on any atom is -0.346 e. The van der Waals surface area contributed by atoms with Crippen molar-refractivity contribution in [3.05, 3.63) is 24.0 Å². The Hall–Kier alpha value is -1.50. The molecule has 2 atom stereocenters. The van der Waals surface area contributed by atoms with Crippen molar-refractivity contribution < 1.29 is 18.0 Å². The quantitative estimate of drug-likeness (QED) is 0.894. The van der Waals surface area contributed by atoms with Crippen molar-refractivity contribution in [3.63, 3.8) is 0 Å². The van der Waals surface area contributed by atoms with Gasteiger partial charge in [-0.15, -0.1) is 0 Å². The van der Waals surface area contributed by atoms with Gasteiger partial charge in [0.05, 0.1) is 0 Å². The maximum absolute atomic E-state index is 12.4. The summed E-state index contributed by atoms with van der Waals surface area (Å²) in [5, 5.41) is 2.75. The van der Waals surface area contributed by atoms with Crippen LogP contribution in [0.3, 0.4) is 0 Å². The minimum absolute atomic E-state index is 0.0140. The van der Waals surface area contributed by atoms with Gasteiger partial charge in [-0.3, -0.25) is 4.79 Å². The smallest absolute Gasteiger partial charge is 0.346 e. The zero-order valence-corrected chi connectivity index (χ0v) is 11.0. The molecule has 20 heavy (non-hydrogen) atoms. The molecule has 1 saturated carbocycles. The van der Waals surface area contributed by atoms with Crippen molar-refractivity contribution in [2.45, 2.75) is 50.5 Å². The summed E-state index contributed by atoms with van der Waals surface area (Å²) in [6.45, 7) is -1.17. The van der Waals surface area contributed by atoms with Gasteiger partial charge >= 0.3 is 6.18 Å². The SMILES string of the molecule is NC1CCCCC1NC(=O)c1cccn1CC(F)(F)F. The number of nitrogens with one attached hydrogen (secondary N) is 1. The number of carbonyl (C=O) groups is 1. The van der Waals surface area contributed by atoms with Crippen molar-refractivity contribution in [1.82, 2.24) is 9.88 Å². The van der Waals surface area contributed by atoms with E-state index in [1.807, 2.05) is 0 Å². The van der Waals surface area contributed by atoms with Crippen molar-refractivity contribution in [3.8, 4) is 0 Å². The maximum Gasteiger partial charge on any atom is 0.406 e. The first kappa shape index (κ1) is 14.9. The van der Waals surface area contributed by atoms with Gasteiger partial charge in [0.1, 0.15) is 12.2 Å². The largest absolute Gasteiger partial charge is 0.406 e. The minimum atomic E-state index is -4.35. The van der Waals surface area contributed by atoms with E-state index in [4.69, 9.17) is 5.73 Å². The van der Waals surface area contributed by atoms with Gasteiger partial charge in [0.15, 0.2) is 0 Å². The fraction of sp³-hybridized carbons (Fsp3) is 0.615. The van der Waals surface area contributed by atoms with E-state index in [9.17, 15) is 18.0 Å². The molecule has 3 N–H and O–H groups in total. The molecular formula is C13H18F3N3O. The second-order valence-corrected chi connectivity index (χ2v) is 5.16. The Bertz CT molecular complexity index is 470. The molecule has 4 nitrogen and oxygen atoms in total. The summed E-state index contributed by atoms with van der Waals surface area (Å²) >= 11 is 0. The van der Waals surface area contributed by atoms with Crippen molar-refractivity contribution >= 4 is 5.91 Å². The first-order chi connectivity index (χ1) is 9.37. The number of aromatic nitrogens is 1. The van der Waals surface area contributed by atoms with Crippen LogP contribution in [0.4, 0.5) is 13.2 Å². The van der Waals surface area contributed by atoms with Crippen LogP contribution in [-0.4, -0.2) is 28.7 Å². The fourth-order valence-corrected chi connectivity index (χ4v) is 2.53. The monoisotopic (exact) mass is 289 g/mol. The fourth-order valence-electron chi connectivity index (χ4n) is 2.53. The molecular weight excluding hydrogens is 271 g/mol. The Morgan fingerprint density at radius 2 is 2.10 bits per heavy atom. The van der Waals surface area contributed by atoms with Gasteiger partial charge in [0.2, 0.25) is 0 Å². The number of halogens is 3.